The molecule has 1 aromatic carbocycles. The molecule has 0 bridgehead atoms. The first-order valence-electron chi connectivity index (χ1n) is 3.66. The smallest absolute Gasteiger partial charge is 0.300 e. The Kier molecular flexibility index (Phi) is 5.11. The lowest BCUT2D eigenvalue weighted by molar-refractivity contribution is -0.134. The van der Waals surface area contributed by atoms with Gasteiger partial charge in [-0.2, -0.15) is 0 Å². The highest BCUT2D eigenvalue weighted by molar-refractivity contribution is 5.62. The molecule has 0 aliphatic rings. The highest BCUT2D eigenvalue weighted by Gasteiger charge is 1.91. The molecule has 0 spiro atoms. The van der Waals surface area contributed by atoms with Crippen LogP contribution in [-0.4, -0.2) is 18.2 Å². The summed E-state index contributed by atoms with van der Waals surface area (Å²) in [6, 6.07) is 7.39. The number of para-hydroxylation sites is 2. The zero-order chi connectivity index (χ0) is 10.3. The third kappa shape index (κ3) is 5.55. The van der Waals surface area contributed by atoms with E-state index in [1.807, 2.05) is 18.2 Å². The molecule has 1 rings (SSSR count). The summed E-state index contributed by atoms with van der Waals surface area (Å²) in [6.45, 7) is 1.08. The van der Waals surface area contributed by atoms with E-state index in [1.54, 1.807) is 13.2 Å². The second-order valence-electron chi connectivity index (χ2n) is 2.26. The van der Waals surface area contributed by atoms with Crippen molar-refractivity contribution in [3.8, 4) is 5.75 Å². The molecule has 13 heavy (non-hydrogen) atoms. The largest absolute Gasteiger partial charge is 0.495 e. The Balaban J connectivity index is 0.000000310. The van der Waals surface area contributed by atoms with E-state index in [9.17, 15) is 0 Å². The Bertz CT molecular complexity index is 269. The standard InChI is InChI=1S/C7H9NO.C2H4O2/c1-9-7-5-3-2-4-6(7)8;1-2(3)4/h2-5H,8H2,1H3;1H3,(H,3,4). The van der Waals surface area contributed by atoms with E-state index in [1.165, 1.54) is 0 Å². The number of hydrogen-bond acceptors (Lipinski definition) is 3. The summed E-state index contributed by atoms with van der Waals surface area (Å²) in [7, 11) is 1.60. The molecule has 0 radical (unpaired) electrons. The van der Waals surface area contributed by atoms with Crippen molar-refractivity contribution in [3.63, 3.8) is 0 Å². The summed E-state index contributed by atoms with van der Waals surface area (Å²) in [5, 5.41) is 7.42. The number of nitrogens with two attached hydrogens (primary N) is 1. The molecule has 0 saturated carbocycles. The maximum absolute atomic E-state index is 9.00. The Morgan fingerprint density at radius 3 is 2.23 bits per heavy atom. The zero-order valence-corrected chi connectivity index (χ0v) is 7.65. The molecule has 0 atom stereocenters. The maximum atomic E-state index is 9.00. The molecule has 0 amide bonds. The van der Waals surface area contributed by atoms with Gasteiger partial charge >= 0.3 is 0 Å². The number of carboxylic acids is 1. The first kappa shape index (κ1) is 11.3. The van der Waals surface area contributed by atoms with Gasteiger partial charge < -0.3 is 15.6 Å². The fourth-order valence-corrected chi connectivity index (χ4v) is 0.666. The van der Waals surface area contributed by atoms with Crippen LogP contribution in [0.1, 0.15) is 6.92 Å². The van der Waals surface area contributed by atoms with Crippen molar-refractivity contribution in [1.29, 1.82) is 0 Å². The lowest BCUT2D eigenvalue weighted by Gasteiger charge is -2.00. The van der Waals surface area contributed by atoms with Crippen molar-refractivity contribution in [2.24, 2.45) is 0 Å². The Morgan fingerprint density at radius 1 is 1.46 bits per heavy atom. The Labute approximate surface area is 76.9 Å². The van der Waals surface area contributed by atoms with Gasteiger partial charge in [0.2, 0.25) is 0 Å². The molecule has 3 N–H and O–H groups in total. The first-order valence-corrected chi connectivity index (χ1v) is 3.66. The highest BCUT2D eigenvalue weighted by Crippen LogP contribution is 2.18. The monoisotopic (exact) mass is 183 g/mol. The van der Waals surface area contributed by atoms with Crippen LogP contribution in [0.3, 0.4) is 0 Å². The van der Waals surface area contributed by atoms with Gasteiger partial charge in [0.15, 0.2) is 0 Å². The quantitative estimate of drug-likeness (QED) is 0.645. The molecular weight excluding hydrogens is 170 g/mol. The van der Waals surface area contributed by atoms with Crippen LogP contribution in [0.25, 0.3) is 0 Å². The molecule has 4 heteroatoms. The third-order valence-electron chi connectivity index (χ3n) is 1.14. The van der Waals surface area contributed by atoms with E-state index in [4.69, 9.17) is 20.4 Å². The van der Waals surface area contributed by atoms with Crippen molar-refractivity contribution >= 4 is 11.7 Å². The number of aliphatic carboxylic acids is 1. The maximum Gasteiger partial charge on any atom is 0.300 e. The first-order chi connectivity index (χ1) is 6.07. The molecule has 0 heterocycles. The third-order valence-corrected chi connectivity index (χ3v) is 1.14. The van der Waals surface area contributed by atoms with Crippen molar-refractivity contribution in [2.75, 3.05) is 12.8 Å². The molecule has 0 fully saturated rings. The lowest BCUT2D eigenvalue weighted by Crippen LogP contribution is -1.89. The number of carboxylic acid groups (broad SMARTS) is 1. The molecule has 72 valence electrons. The fraction of sp³-hybridized carbons (Fsp3) is 0.222. The number of hydrogen-bond donors (Lipinski definition) is 2. The highest BCUT2D eigenvalue weighted by atomic mass is 16.5. The number of methoxy groups -OCH3 is 1. The Hall–Kier alpha value is -1.71. The number of anilines is 1. The van der Waals surface area contributed by atoms with Gasteiger partial charge in [-0.15, -0.1) is 0 Å². The van der Waals surface area contributed by atoms with Gasteiger partial charge in [-0.05, 0) is 12.1 Å². The fourth-order valence-electron chi connectivity index (χ4n) is 0.666. The SMILES string of the molecule is CC(=O)O.COc1ccccc1N. The van der Waals surface area contributed by atoms with Crippen LogP contribution in [0, 0.1) is 0 Å². The van der Waals surface area contributed by atoms with Gasteiger partial charge in [-0.25, -0.2) is 0 Å². The van der Waals surface area contributed by atoms with Crippen molar-refractivity contribution < 1.29 is 14.6 Å². The Morgan fingerprint density at radius 2 is 1.92 bits per heavy atom. The van der Waals surface area contributed by atoms with Crippen LogP contribution in [0.5, 0.6) is 5.75 Å². The van der Waals surface area contributed by atoms with Crippen LogP contribution in [0.2, 0.25) is 0 Å². The van der Waals surface area contributed by atoms with Gasteiger partial charge in [0.25, 0.3) is 5.97 Å². The second-order valence-corrected chi connectivity index (χ2v) is 2.26. The van der Waals surface area contributed by atoms with Crippen LogP contribution < -0.4 is 10.5 Å². The van der Waals surface area contributed by atoms with E-state index >= 15 is 0 Å². The molecule has 4 nitrogen and oxygen atoms in total. The second kappa shape index (κ2) is 5.88. The van der Waals surface area contributed by atoms with Crippen LogP contribution >= 0.6 is 0 Å². The minimum absolute atomic E-state index is 0.681. The van der Waals surface area contributed by atoms with Crippen LogP contribution in [0.4, 0.5) is 5.69 Å². The number of nitrogen functional groups attached to an aromatic ring is 1. The molecule has 0 aromatic heterocycles. The van der Waals surface area contributed by atoms with E-state index in [2.05, 4.69) is 0 Å². The number of carbonyl (C=O) groups is 1. The van der Waals surface area contributed by atoms with E-state index in [0.29, 0.717) is 5.69 Å². The van der Waals surface area contributed by atoms with Crippen LogP contribution in [0.15, 0.2) is 24.3 Å². The number of rotatable bonds is 1. The molecule has 0 unspecified atom stereocenters. The summed E-state index contributed by atoms with van der Waals surface area (Å²) in [5.74, 6) is -0.0995. The number of ether oxygens (including phenoxy) is 1. The van der Waals surface area contributed by atoms with Crippen molar-refractivity contribution in [2.45, 2.75) is 6.92 Å². The van der Waals surface area contributed by atoms with Gasteiger partial charge in [-0.3, -0.25) is 4.79 Å². The van der Waals surface area contributed by atoms with Crippen molar-refractivity contribution in [3.05, 3.63) is 24.3 Å². The average Bonchev–Trinajstić information content (AvgIpc) is 2.04. The number of benzene rings is 1. The summed E-state index contributed by atoms with van der Waals surface area (Å²) >= 11 is 0. The molecule has 1 aromatic rings. The summed E-state index contributed by atoms with van der Waals surface area (Å²) in [6.07, 6.45) is 0. The van der Waals surface area contributed by atoms with E-state index in [0.717, 1.165) is 12.7 Å². The molecule has 0 aliphatic heterocycles. The normalized spacial score (nSPS) is 8.15. The van der Waals surface area contributed by atoms with Gasteiger partial charge in [0, 0.05) is 6.92 Å². The van der Waals surface area contributed by atoms with Gasteiger partial charge in [0.1, 0.15) is 5.75 Å². The van der Waals surface area contributed by atoms with Gasteiger partial charge in [-0.1, -0.05) is 12.1 Å². The zero-order valence-electron chi connectivity index (χ0n) is 7.65. The lowest BCUT2D eigenvalue weighted by atomic mass is 10.3. The molecular formula is C9H13NO3. The molecule has 0 aliphatic carbocycles. The van der Waals surface area contributed by atoms with E-state index < -0.39 is 5.97 Å². The summed E-state index contributed by atoms with van der Waals surface area (Å²) in [5.41, 5.74) is 6.19. The molecule has 0 saturated heterocycles. The minimum atomic E-state index is -0.833. The van der Waals surface area contributed by atoms with Crippen LogP contribution in [-0.2, 0) is 4.79 Å². The predicted molar refractivity (Wildman–Crippen MR) is 50.7 cm³/mol. The summed E-state index contributed by atoms with van der Waals surface area (Å²) < 4.78 is 4.92. The minimum Gasteiger partial charge on any atom is -0.495 e. The average molecular weight is 183 g/mol. The predicted octanol–water partition coefficient (Wildman–Crippen LogP) is 1.37. The van der Waals surface area contributed by atoms with Gasteiger partial charge in [0.05, 0.1) is 12.8 Å². The van der Waals surface area contributed by atoms with E-state index in [-0.39, 0.29) is 0 Å². The van der Waals surface area contributed by atoms with Crippen molar-refractivity contribution in [1.82, 2.24) is 0 Å². The summed E-state index contributed by atoms with van der Waals surface area (Å²) in [4.78, 5) is 9.00. The topological polar surface area (TPSA) is 72.5 Å².